The number of carbonyl (C=O) groups is 1. The van der Waals surface area contributed by atoms with Gasteiger partial charge in [-0.2, -0.15) is 0 Å². The van der Waals surface area contributed by atoms with Crippen LogP contribution < -0.4 is 10.0 Å². The summed E-state index contributed by atoms with van der Waals surface area (Å²) in [5, 5.41) is 16.1. The van der Waals surface area contributed by atoms with Gasteiger partial charge in [0.15, 0.2) is 10.9 Å². The Morgan fingerprint density at radius 3 is 2.69 bits per heavy atom. The molecule has 29 heavy (non-hydrogen) atoms. The molecule has 1 aromatic rings. The van der Waals surface area contributed by atoms with Crippen molar-refractivity contribution in [1.82, 2.24) is 10.0 Å². The van der Waals surface area contributed by atoms with E-state index >= 15 is 0 Å². The first-order chi connectivity index (χ1) is 14.2. The van der Waals surface area contributed by atoms with Crippen LogP contribution in [-0.2, 0) is 14.4 Å². The molecule has 0 unspecified atom stereocenters. The van der Waals surface area contributed by atoms with Crippen LogP contribution in [0.15, 0.2) is 52.1 Å². The van der Waals surface area contributed by atoms with Gasteiger partial charge < -0.3 is 14.7 Å². The number of hydrogen-bond acceptors (Lipinski definition) is 9. The molecule has 160 valence electrons. The van der Waals surface area contributed by atoms with Gasteiger partial charge in [0.25, 0.3) is 5.91 Å². The largest absolute Gasteiger partial charge is 0.395 e. The van der Waals surface area contributed by atoms with Gasteiger partial charge in [0, 0.05) is 43.3 Å². The molecule has 0 bridgehead atoms. The third-order valence-electron chi connectivity index (χ3n) is 3.20. The number of amidine groups is 1. The van der Waals surface area contributed by atoms with E-state index < -0.39 is 5.91 Å². The lowest BCUT2D eigenvalue weighted by atomic mass is 10.1. The summed E-state index contributed by atoms with van der Waals surface area (Å²) in [4.78, 5) is 23.1. The predicted octanol–water partition coefficient (Wildman–Crippen LogP) is 2.40. The first-order valence-electron chi connectivity index (χ1n) is 9.09. The molecule has 0 heterocycles. The van der Waals surface area contributed by atoms with Crippen LogP contribution in [-0.4, -0.2) is 61.1 Å². The normalized spacial score (nSPS) is 12.0. The minimum absolute atomic E-state index is 0.0623. The quantitative estimate of drug-likeness (QED) is 0.142. The number of aliphatic hydroxyl groups is 1. The molecule has 0 aliphatic rings. The lowest BCUT2D eigenvalue weighted by Crippen LogP contribution is -2.35. The Morgan fingerprint density at radius 1 is 1.31 bits per heavy atom. The van der Waals surface area contributed by atoms with E-state index in [4.69, 9.17) is 14.7 Å². The maximum atomic E-state index is 12.8. The summed E-state index contributed by atoms with van der Waals surface area (Å²) in [5.41, 5.74) is 0.760. The second-order valence-electron chi connectivity index (χ2n) is 5.37. The second-order valence-corrected chi connectivity index (χ2v) is 7.58. The summed E-state index contributed by atoms with van der Waals surface area (Å²) in [7, 11) is 1.61. The minimum atomic E-state index is -0.419. The summed E-state index contributed by atoms with van der Waals surface area (Å²) >= 11 is 2.79. The van der Waals surface area contributed by atoms with E-state index in [0.29, 0.717) is 36.9 Å². The van der Waals surface area contributed by atoms with Gasteiger partial charge in [0.2, 0.25) is 0 Å². The average Bonchev–Trinajstić information content (AvgIpc) is 2.72. The van der Waals surface area contributed by atoms with Crippen molar-refractivity contribution in [3.05, 3.63) is 42.6 Å². The van der Waals surface area contributed by atoms with Crippen molar-refractivity contribution < 1.29 is 19.5 Å². The Hall–Kier alpha value is -1.85. The number of hydrogen-bond donors (Lipinski definition) is 3. The van der Waals surface area contributed by atoms with Crippen LogP contribution in [0.2, 0.25) is 0 Å². The molecule has 0 fully saturated rings. The van der Waals surface area contributed by atoms with E-state index in [1.54, 1.807) is 19.2 Å². The lowest BCUT2D eigenvalue weighted by Gasteiger charge is -2.10. The number of amides is 1. The van der Waals surface area contributed by atoms with E-state index in [-0.39, 0.29) is 12.3 Å². The van der Waals surface area contributed by atoms with Crippen LogP contribution in [0.5, 0.6) is 0 Å². The van der Waals surface area contributed by atoms with Gasteiger partial charge in [-0.05, 0) is 29.8 Å². The molecule has 8 nitrogen and oxygen atoms in total. The summed E-state index contributed by atoms with van der Waals surface area (Å²) < 4.78 is 8.00. The Labute approximate surface area is 180 Å². The van der Waals surface area contributed by atoms with Crippen molar-refractivity contribution in [1.29, 1.82) is 0 Å². The van der Waals surface area contributed by atoms with Gasteiger partial charge in [-0.1, -0.05) is 42.6 Å². The number of carbonyl (C=O) groups excluding carboxylic acids is 1. The second kappa shape index (κ2) is 16.0. The Kier molecular flexibility index (Phi) is 13.9. The van der Waals surface area contributed by atoms with Gasteiger partial charge in [-0.25, -0.2) is 4.99 Å². The summed E-state index contributed by atoms with van der Waals surface area (Å²) in [6.45, 7) is 6.96. The number of oxime groups is 1. The molecule has 0 atom stereocenters. The van der Waals surface area contributed by atoms with Gasteiger partial charge in [0.05, 0.1) is 6.61 Å². The molecule has 10 heteroatoms. The maximum Gasteiger partial charge on any atom is 0.279 e. The smallest absolute Gasteiger partial charge is 0.279 e. The summed E-state index contributed by atoms with van der Waals surface area (Å²) in [5.74, 6) is 0.330. The van der Waals surface area contributed by atoms with E-state index in [2.05, 4.69) is 26.8 Å². The molecular formula is C19H28N4O4S2. The highest BCUT2D eigenvalue weighted by Crippen LogP contribution is 2.16. The number of thioether (sulfide) groups is 1. The monoisotopic (exact) mass is 440 g/mol. The van der Waals surface area contributed by atoms with Gasteiger partial charge in [-0.3, -0.25) is 14.8 Å². The Bertz CT molecular complexity index is 681. The number of nitrogens with zero attached hydrogens (tertiary/aromatic N) is 2. The van der Waals surface area contributed by atoms with Crippen LogP contribution in [0.4, 0.5) is 0 Å². The fourth-order valence-electron chi connectivity index (χ4n) is 1.95. The molecule has 0 saturated heterocycles. The zero-order chi connectivity index (χ0) is 21.3. The molecule has 3 N–H and O–H groups in total. The highest BCUT2D eigenvalue weighted by molar-refractivity contribution is 8.13. The van der Waals surface area contributed by atoms with Gasteiger partial charge in [-0.15, -0.1) is 0 Å². The van der Waals surface area contributed by atoms with Crippen LogP contribution in [0.25, 0.3) is 0 Å². The number of ether oxygens (including phenoxy) is 1. The Morgan fingerprint density at radius 2 is 2.07 bits per heavy atom. The molecule has 1 aromatic carbocycles. The number of aliphatic imine (C=N–C) groups is 1. The molecule has 0 aliphatic carbocycles. The number of aliphatic hydroxyl groups excluding tert-OH is 1. The predicted molar refractivity (Wildman–Crippen MR) is 120 cm³/mol. The van der Waals surface area contributed by atoms with E-state index in [1.807, 2.05) is 19.1 Å². The first kappa shape index (κ1) is 25.2. The Balaban J connectivity index is 2.94. The molecule has 0 aromatic heterocycles. The third-order valence-corrected chi connectivity index (χ3v) is 4.82. The van der Waals surface area contributed by atoms with E-state index in [9.17, 15) is 4.79 Å². The fraction of sp³-hybridized carbons (Fsp3) is 0.421. The minimum Gasteiger partial charge on any atom is -0.395 e. The van der Waals surface area contributed by atoms with Crippen LogP contribution in [0, 0.1) is 0 Å². The van der Waals surface area contributed by atoms with Gasteiger partial charge >= 0.3 is 0 Å². The molecule has 0 radical (unpaired) electrons. The number of methoxy groups -OCH3 is 1. The molecule has 0 saturated carbocycles. The van der Waals surface area contributed by atoms with Crippen molar-refractivity contribution in [2.45, 2.75) is 18.2 Å². The molecule has 0 aliphatic heterocycles. The maximum absolute atomic E-state index is 12.8. The zero-order valence-electron chi connectivity index (χ0n) is 16.7. The van der Waals surface area contributed by atoms with Crippen LogP contribution >= 0.6 is 23.7 Å². The number of rotatable bonds is 13. The van der Waals surface area contributed by atoms with Crippen molar-refractivity contribution in [3.63, 3.8) is 0 Å². The van der Waals surface area contributed by atoms with Crippen molar-refractivity contribution in [2.75, 3.05) is 39.2 Å². The zero-order valence-corrected chi connectivity index (χ0v) is 18.4. The van der Waals surface area contributed by atoms with E-state index in [0.717, 1.165) is 10.6 Å². The number of benzene rings is 1. The summed E-state index contributed by atoms with van der Waals surface area (Å²) in [6, 6.07) is 7.30. The molecule has 0 spiro atoms. The SMILES string of the molecule is C=CN=C(NC(=O)/C(=N/OCCCOC)c1ccc(SNCCO)cc1)SCC. The lowest BCUT2D eigenvalue weighted by molar-refractivity contribution is -0.113. The number of nitrogens with one attached hydrogen (secondary N) is 2. The van der Waals surface area contributed by atoms with Crippen molar-refractivity contribution >= 4 is 40.5 Å². The van der Waals surface area contributed by atoms with Crippen molar-refractivity contribution in [3.8, 4) is 0 Å². The van der Waals surface area contributed by atoms with Crippen LogP contribution in [0.3, 0.4) is 0 Å². The molecular weight excluding hydrogens is 412 g/mol. The molecule has 1 amide bonds. The van der Waals surface area contributed by atoms with E-state index in [1.165, 1.54) is 29.9 Å². The first-order valence-corrected chi connectivity index (χ1v) is 10.9. The third kappa shape index (κ3) is 10.5. The fourth-order valence-corrected chi connectivity index (χ4v) is 3.17. The topological polar surface area (TPSA) is 105 Å². The van der Waals surface area contributed by atoms with Crippen LogP contribution in [0.1, 0.15) is 18.9 Å². The highest BCUT2D eigenvalue weighted by Gasteiger charge is 2.17. The average molecular weight is 441 g/mol. The molecule has 1 rings (SSSR count). The standard InChI is InChI=1S/C19H28N4O4S2/c1-4-20-19(28-5-2)22-18(25)17(23-27-14-6-13-26-3)15-7-9-16(10-8-15)29-21-11-12-24/h4,7-10,21,24H,1,5-6,11-14H2,2-3H3,(H,20,22,25)/b23-17+. The summed E-state index contributed by atoms with van der Waals surface area (Å²) in [6.07, 6.45) is 2.04. The van der Waals surface area contributed by atoms with Gasteiger partial charge in [0.1, 0.15) is 6.61 Å². The van der Waals surface area contributed by atoms with Crippen molar-refractivity contribution in [2.24, 2.45) is 10.1 Å². The highest BCUT2D eigenvalue weighted by atomic mass is 32.2.